The molecule has 1 heterocycles. The summed E-state index contributed by atoms with van der Waals surface area (Å²) in [6.07, 6.45) is 8.48. The lowest BCUT2D eigenvalue weighted by molar-refractivity contribution is 0.444. The molecular formula is C16H18N2. The number of hydrogen-bond donors (Lipinski definition) is 0. The van der Waals surface area contributed by atoms with Crippen molar-refractivity contribution in [2.24, 2.45) is 0 Å². The van der Waals surface area contributed by atoms with Crippen LogP contribution in [-0.2, 0) is 0 Å². The number of aromatic nitrogens is 2. The van der Waals surface area contributed by atoms with E-state index >= 15 is 0 Å². The van der Waals surface area contributed by atoms with E-state index in [1.54, 1.807) is 6.20 Å². The fourth-order valence-corrected chi connectivity index (χ4v) is 2.95. The molecule has 2 aromatic rings. The van der Waals surface area contributed by atoms with Crippen LogP contribution in [0, 0.1) is 0 Å². The molecule has 2 nitrogen and oxygen atoms in total. The summed E-state index contributed by atoms with van der Waals surface area (Å²) in [5, 5.41) is 8.25. The second-order valence-electron chi connectivity index (χ2n) is 5.03. The van der Waals surface area contributed by atoms with Crippen LogP contribution in [0.25, 0.3) is 11.3 Å². The van der Waals surface area contributed by atoms with Crippen molar-refractivity contribution in [2.75, 3.05) is 0 Å². The molecule has 0 amide bonds. The van der Waals surface area contributed by atoms with Crippen molar-refractivity contribution in [1.29, 1.82) is 0 Å². The van der Waals surface area contributed by atoms with Crippen molar-refractivity contribution in [2.45, 2.75) is 38.0 Å². The van der Waals surface area contributed by atoms with Gasteiger partial charge in [-0.3, -0.25) is 0 Å². The Balaban J connectivity index is 1.99. The lowest BCUT2D eigenvalue weighted by Gasteiger charge is -2.24. The molecule has 3 rings (SSSR count). The van der Waals surface area contributed by atoms with E-state index in [-0.39, 0.29) is 0 Å². The molecule has 0 unspecified atom stereocenters. The average Bonchev–Trinajstić information content (AvgIpc) is 2.49. The summed E-state index contributed by atoms with van der Waals surface area (Å²) >= 11 is 0. The number of hydrogen-bond acceptors (Lipinski definition) is 2. The highest BCUT2D eigenvalue weighted by Gasteiger charge is 2.19. The smallest absolute Gasteiger partial charge is 0.0932 e. The molecule has 1 aliphatic carbocycles. The SMILES string of the molecule is c1cnnc(-c2ccccc2C2CCCCC2)c1. The molecule has 1 aliphatic rings. The second-order valence-corrected chi connectivity index (χ2v) is 5.03. The molecule has 0 aliphatic heterocycles. The Bertz CT molecular complexity index is 502. The molecule has 2 heteroatoms. The molecule has 18 heavy (non-hydrogen) atoms. The molecule has 1 aromatic heterocycles. The fourth-order valence-electron chi connectivity index (χ4n) is 2.95. The Kier molecular flexibility index (Phi) is 3.35. The molecule has 0 spiro atoms. The summed E-state index contributed by atoms with van der Waals surface area (Å²) in [4.78, 5) is 0. The second kappa shape index (κ2) is 5.30. The van der Waals surface area contributed by atoms with Gasteiger partial charge in [0.05, 0.1) is 5.69 Å². The normalized spacial score (nSPS) is 16.7. The Morgan fingerprint density at radius 1 is 0.889 bits per heavy atom. The van der Waals surface area contributed by atoms with Gasteiger partial charge in [-0.05, 0) is 36.5 Å². The molecule has 0 radical (unpaired) electrons. The molecule has 0 saturated heterocycles. The van der Waals surface area contributed by atoms with E-state index in [0.717, 1.165) is 5.69 Å². The minimum absolute atomic E-state index is 0.706. The first-order chi connectivity index (χ1) is 8.95. The average molecular weight is 238 g/mol. The summed E-state index contributed by atoms with van der Waals surface area (Å²) in [5.74, 6) is 0.706. The molecule has 1 fully saturated rings. The lowest BCUT2D eigenvalue weighted by Crippen LogP contribution is -2.06. The summed E-state index contributed by atoms with van der Waals surface area (Å²) in [5.41, 5.74) is 3.72. The van der Waals surface area contributed by atoms with Crippen LogP contribution in [-0.4, -0.2) is 10.2 Å². The van der Waals surface area contributed by atoms with Gasteiger partial charge in [0.2, 0.25) is 0 Å². The van der Waals surface area contributed by atoms with Gasteiger partial charge in [0, 0.05) is 11.8 Å². The number of rotatable bonds is 2. The molecule has 0 bridgehead atoms. The molecule has 0 N–H and O–H groups in total. The van der Waals surface area contributed by atoms with Crippen LogP contribution in [0.15, 0.2) is 42.6 Å². The van der Waals surface area contributed by atoms with Crippen molar-refractivity contribution in [1.82, 2.24) is 10.2 Å². The largest absolute Gasteiger partial charge is 0.159 e. The first-order valence-electron chi connectivity index (χ1n) is 6.82. The minimum Gasteiger partial charge on any atom is -0.159 e. The van der Waals surface area contributed by atoms with E-state index in [2.05, 4.69) is 40.5 Å². The van der Waals surface area contributed by atoms with E-state index in [1.807, 2.05) is 6.07 Å². The van der Waals surface area contributed by atoms with E-state index in [0.29, 0.717) is 5.92 Å². The van der Waals surface area contributed by atoms with Crippen molar-refractivity contribution in [3.8, 4) is 11.3 Å². The Hall–Kier alpha value is -1.70. The number of benzene rings is 1. The Morgan fingerprint density at radius 3 is 2.50 bits per heavy atom. The monoisotopic (exact) mass is 238 g/mol. The summed E-state index contributed by atoms with van der Waals surface area (Å²) in [6, 6.07) is 12.7. The zero-order valence-electron chi connectivity index (χ0n) is 10.5. The minimum atomic E-state index is 0.706. The highest BCUT2D eigenvalue weighted by molar-refractivity contribution is 5.63. The Morgan fingerprint density at radius 2 is 1.72 bits per heavy atom. The highest BCUT2D eigenvalue weighted by atomic mass is 15.1. The van der Waals surface area contributed by atoms with Crippen LogP contribution in [0.5, 0.6) is 0 Å². The predicted octanol–water partition coefficient (Wildman–Crippen LogP) is 4.19. The van der Waals surface area contributed by atoms with Gasteiger partial charge in [0.15, 0.2) is 0 Å². The van der Waals surface area contributed by atoms with Gasteiger partial charge < -0.3 is 0 Å². The zero-order valence-corrected chi connectivity index (χ0v) is 10.5. The molecule has 1 saturated carbocycles. The van der Waals surface area contributed by atoms with E-state index in [9.17, 15) is 0 Å². The lowest BCUT2D eigenvalue weighted by atomic mass is 9.81. The van der Waals surface area contributed by atoms with Gasteiger partial charge >= 0.3 is 0 Å². The molecule has 92 valence electrons. The molecule has 0 atom stereocenters. The van der Waals surface area contributed by atoms with Crippen molar-refractivity contribution in [3.63, 3.8) is 0 Å². The quantitative estimate of drug-likeness (QED) is 0.784. The van der Waals surface area contributed by atoms with Gasteiger partial charge in [0.25, 0.3) is 0 Å². The van der Waals surface area contributed by atoms with Gasteiger partial charge in [-0.1, -0.05) is 43.5 Å². The van der Waals surface area contributed by atoms with E-state index < -0.39 is 0 Å². The van der Waals surface area contributed by atoms with Crippen molar-refractivity contribution >= 4 is 0 Å². The van der Waals surface area contributed by atoms with Gasteiger partial charge in [0.1, 0.15) is 0 Å². The summed E-state index contributed by atoms with van der Waals surface area (Å²) in [7, 11) is 0. The predicted molar refractivity (Wildman–Crippen MR) is 73.3 cm³/mol. The maximum absolute atomic E-state index is 4.25. The van der Waals surface area contributed by atoms with E-state index in [1.165, 1.54) is 43.2 Å². The van der Waals surface area contributed by atoms with Crippen LogP contribution in [0.4, 0.5) is 0 Å². The van der Waals surface area contributed by atoms with Crippen LogP contribution < -0.4 is 0 Å². The topological polar surface area (TPSA) is 25.8 Å². The third-order valence-corrected chi connectivity index (χ3v) is 3.85. The first-order valence-corrected chi connectivity index (χ1v) is 6.82. The first kappa shape index (κ1) is 11.4. The highest BCUT2D eigenvalue weighted by Crippen LogP contribution is 2.37. The van der Waals surface area contributed by atoms with Gasteiger partial charge in [-0.15, -0.1) is 0 Å². The molecular weight excluding hydrogens is 220 g/mol. The van der Waals surface area contributed by atoms with Crippen molar-refractivity contribution < 1.29 is 0 Å². The maximum atomic E-state index is 4.25. The van der Waals surface area contributed by atoms with Crippen LogP contribution in [0.2, 0.25) is 0 Å². The van der Waals surface area contributed by atoms with Crippen LogP contribution in [0.3, 0.4) is 0 Å². The standard InChI is InChI=1S/C16H18N2/c1-2-7-13(8-3-1)14-9-4-5-10-15(14)16-11-6-12-17-18-16/h4-6,9-13H,1-3,7-8H2. The summed E-state index contributed by atoms with van der Waals surface area (Å²) < 4.78 is 0. The fraction of sp³-hybridized carbons (Fsp3) is 0.375. The zero-order chi connectivity index (χ0) is 12.2. The van der Waals surface area contributed by atoms with Gasteiger partial charge in [-0.2, -0.15) is 10.2 Å². The van der Waals surface area contributed by atoms with Crippen molar-refractivity contribution in [3.05, 3.63) is 48.2 Å². The van der Waals surface area contributed by atoms with Gasteiger partial charge in [-0.25, -0.2) is 0 Å². The third kappa shape index (κ3) is 2.28. The Labute approximate surface area is 108 Å². The van der Waals surface area contributed by atoms with E-state index in [4.69, 9.17) is 0 Å². The van der Waals surface area contributed by atoms with Crippen LogP contribution >= 0.6 is 0 Å². The van der Waals surface area contributed by atoms with Crippen LogP contribution in [0.1, 0.15) is 43.6 Å². The summed E-state index contributed by atoms with van der Waals surface area (Å²) in [6.45, 7) is 0. The number of nitrogens with zero attached hydrogens (tertiary/aromatic N) is 2. The third-order valence-electron chi connectivity index (χ3n) is 3.85. The molecule has 1 aromatic carbocycles. The maximum Gasteiger partial charge on any atom is 0.0932 e.